The molecular weight excluding hydrogens is 293 g/mol. The second-order valence-electron chi connectivity index (χ2n) is 5.99. The van der Waals surface area contributed by atoms with Gasteiger partial charge in [0.2, 0.25) is 0 Å². The highest BCUT2D eigenvalue weighted by Crippen LogP contribution is 2.37. The lowest BCUT2D eigenvalue weighted by Crippen LogP contribution is -2.42. The van der Waals surface area contributed by atoms with Gasteiger partial charge < -0.3 is 9.47 Å². The first-order valence-corrected chi connectivity index (χ1v) is 7.88. The third kappa shape index (κ3) is 3.39. The molecule has 0 aromatic heterocycles. The van der Waals surface area contributed by atoms with Gasteiger partial charge in [0.1, 0.15) is 5.82 Å². The Balaban J connectivity index is 1.59. The summed E-state index contributed by atoms with van der Waals surface area (Å²) in [5.74, 6) is -0.528. The van der Waals surface area contributed by atoms with Crippen LogP contribution in [-0.2, 0) is 16.0 Å². The van der Waals surface area contributed by atoms with Crippen molar-refractivity contribution in [1.82, 2.24) is 4.90 Å². The molecule has 0 bridgehead atoms. The average molecular weight is 314 g/mol. The maximum atomic E-state index is 13.8. The van der Waals surface area contributed by atoms with Crippen molar-refractivity contribution in [2.45, 2.75) is 44.1 Å². The monoisotopic (exact) mass is 313 g/mol. The van der Waals surface area contributed by atoms with Crippen LogP contribution in [0.3, 0.4) is 0 Å². The van der Waals surface area contributed by atoms with E-state index in [4.69, 9.17) is 21.1 Å². The number of halogens is 2. The predicted octanol–water partition coefficient (Wildman–Crippen LogP) is 3.60. The zero-order chi connectivity index (χ0) is 14.9. The largest absolute Gasteiger partial charge is 0.348 e. The molecule has 5 heteroatoms. The lowest BCUT2D eigenvalue weighted by atomic mass is 9.89. The van der Waals surface area contributed by atoms with Gasteiger partial charge in [-0.2, -0.15) is 0 Å². The Morgan fingerprint density at radius 1 is 1.29 bits per heavy atom. The van der Waals surface area contributed by atoms with Crippen molar-refractivity contribution in [2.24, 2.45) is 0 Å². The maximum absolute atomic E-state index is 13.8. The summed E-state index contributed by atoms with van der Waals surface area (Å²) in [6, 6.07) is 5.16. The van der Waals surface area contributed by atoms with E-state index in [1.807, 2.05) is 7.05 Å². The average Bonchev–Trinajstić information content (AvgIpc) is 2.92. The van der Waals surface area contributed by atoms with Crippen LogP contribution < -0.4 is 0 Å². The molecule has 1 aliphatic heterocycles. The minimum absolute atomic E-state index is 0.194. The normalized spacial score (nSPS) is 22.3. The predicted molar refractivity (Wildman–Crippen MR) is 79.8 cm³/mol. The summed E-state index contributed by atoms with van der Waals surface area (Å²) in [5, 5.41) is 0.579. The topological polar surface area (TPSA) is 21.7 Å². The van der Waals surface area contributed by atoms with E-state index in [2.05, 4.69) is 4.90 Å². The fourth-order valence-corrected chi connectivity index (χ4v) is 3.53. The van der Waals surface area contributed by atoms with E-state index in [0.29, 0.717) is 36.4 Å². The number of hydrogen-bond acceptors (Lipinski definition) is 3. The fourth-order valence-electron chi connectivity index (χ4n) is 3.33. The van der Waals surface area contributed by atoms with Crippen molar-refractivity contribution >= 4 is 11.6 Å². The highest BCUT2D eigenvalue weighted by Gasteiger charge is 2.41. The minimum Gasteiger partial charge on any atom is -0.348 e. The number of rotatable bonds is 3. The molecule has 1 aromatic rings. The molecule has 0 amide bonds. The van der Waals surface area contributed by atoms with Gasteiger partial charge in [0, 0.05) is 36.0 Å². The van der Waals surface area contributed by atoms with Gasteiger partial charge in [-0.1, -0.05) is 11.6 Å². The Bertz CT molecular complexity index is 495. The third-order valence-electron chi connectivity index (χ3n) is 4.58. The Morgan fingerprint density at radius 3 is 2.62 bits per heavy atom. The standard InChI is InChI=1S/C16H21ClFNO2/c1-19(11-12-10-13(17)2-3-15(12)18)14-4-6-16(7-5-14)20-8-9-21-16/h2-3,10,14H,4-9,11H2,1H3. The molecule has 0 N–H and O–H groups in total. The van der Waals surface area contributed by atoms with Gasteiger partial charge in [-0.05, 0) is 38.1 Å². The molecule has 1 saturated heterocycles. The lowest BCUT2D eigenvalue weighted by molar-refractivity contribution is -0.183. The third-order valence-corrected chi connectivity index (χ3v) is 4.82. The van der Waals surface area contributed by atoms with Crippen LogP contribution in [0.1, 0.15) is 31.2 Å². The van der Waals surface area contributed by atoms with Gasteiger partial charge in [-0.3, -0.25) is 4.90 Å². The van der Waals surface area contributed by atoms with Gasteiger partial charge in [-0.15, -0.1) is 0 Å². The van der Waals surface area contributed by atoms with E-state index < -0.39 is 0 Å². The van der Waals surface area contributed by atoms with E-state index in [1.54, 1.807) is 12.1 Å². The molecular formula is C16H21ClFNO2. The van der Waals surface area contributed by atoms with Crippen molar-refractivity contribution in [3.63, 3.8) is 0 Å². The Labute approximate surface area is 130 Å². The molecule has 3 nitrogen and oxygen atoms in total. The maximum Gasteiger partial charge on any atom is 0.168 e. The van der Waals surface area contributed by atoms with Crippen molar-refractivity contribution in [3.05, 3.63) is 34.6 Å². The summed E-state index contributed by atoms with van der Waals surface area (Å²) in [6.45, 7) is 1.98. The van der Waals surface area contributed by atoms with Gasteiger partial charge in [0.15, 0.2) is 5.79 Å². The number of hydrogen-bond donors (Lipinski definition) is 0. The summed E-state index contributed by atoms with van der Waals surface area (Å²) in [5.41, 5.74) is 0.652. The summed E-state index contributed by atoms with van der Waals surface area (Å²) in [4.78, 5) is 2.20. The van der Waals surface area contributed by atoms with Crippen molar-refractivity contribution in [2.75, 3.05) is 20.3 Å². The molecule has 2 aliphatic rings. The van der Waals surface area contributed by atoms with E-state index in [9.17, 15) is 4.39 Å². The molecule has 1 saturated carbocycles. The molecule has 116 valence electrons. The molecule has 1 heterocycles. The van der Waals surface area contributed by atoms with Crippen molar-refractivity contribution < 1.29 is 13.9 Å². The molecule has 21 heavy (non-hydrogen) atoms. The summed E-state index contributed by atoms with van der Waals surface area (Å²) < 4.78 is 25.3. The molecule has 0 atom stereocenters. The van der Waals surface area contributed by atoms with Crippen LogP contribution in [-0.4, -0.2) is 37.0 Å². The Kier molecular flexibility index (Phi) is 4.50. The minimum atomic E-state index is -0.335. The first-order chi connectivity index (χ1) is 10.1. The Morgan fingerprint density at radius 2 is 1.95 bits per heavy atom. The van der Waals surface area contributed by atoms with Gasteiger partial charge in [0.05, 0.1) is 13.2 Å². The SMILES string of the molecule is CN(Cc1cc(Cl)ccc1F)C1CCC2(CC1)OCCO2. The summed E-state index contributed by atoms with van der Waals surface area (Å²) >= 11 is 5.95. The first kappa shape index (κ1) is 15.2. The van der Waals surface area contributed by atoms with Crippen LogP contribution in [0, 0.1) is 5.82 Å². The number of nitrogens with zero attached hydrogens (tertiary/aromatic N) is 1. The Hall–Kier alpha value is -0.680. The van der Waals surface area contributed by atoms with Crippen LogP contribution in [0.4, 0.5) is 4.39 Å². The van der Waals surface area contributed by atoms with Gasteiger partial charge in [-0.25, -0.2) is 4.39 Å². The highest BCUT2D eigenvalue weighted by atomic mass is 35.5. The van der Waals surface area contributed by atoms with Crippen LogP contribution in [0.2, 0.25) is 5.02 Å². The van der Waals surface area contributed by atoms with Crippen LogP contribution in [0.25, 0.3) is 0 Å². The molecule has 0 unspecified atom stereocenters. The van der Waals surface area contributed by atoms with E-state index >= 15 is 0 Å². The van der Waals surface area contributed by atoms with Crippen LogP contribution in [0.5, 0.6) is 0 Å². The lowest BCUT2D eigenvalue weighted by Gasteiger charge is -2.39. The van der Waals surface area contributed by atoms with E-state index in [0.717, 1.165) is 25.7 Å². The zero-order valence-corrected chi connectivity index (χ0v) is 13.0. The molecule has 2 fully saturated rings. The number of ether oxygens (including phenoxy) is 2. The van der Waals surface area contributed by atoms with Gasteiger partial charge >= 0.3 is 0 Å². The fraction of sp³-hybridized carbons (Fsp3) is 0.625. The van der Waals surface area contributed by atoms with Crippen LogP contribution >= 0.6 is 11.6 Å². The quantitative estimate of drug-likeness (QED) is 0.851. The van der Waals surface area contributed by atoms with E-state index in [1.165, 1.54) is 6.07 Å². The zero-order valence-electron chi connectivity index (χ0n) is 12.3. The first-order valence-electron chi connectivity index (χ1n) is 7.50. The van der Waals surface area contributed by atoms with Gasteiger partial charge in [0.25, 0.3) is 0 Å². The van der Waals surface area contributed by atoms with Crippen molar-refractivity contribution in [1.29, 1.82) is 0 Å². The summed E-state index contributed by atoms with van der Waals surface area (Å²) in [6.07, 6.45) is 3.86. The van der Waals surface area contributed by atoms with Crippen molar-refractivity contribution in [3.8, 4) is 0 Å². The highest BCUT2D eigenvalue weighted by molar-refractivity contribution is 6.30. The molecule has 1 aromatic carbocycles. The number of benzene rings is 1. The molecule has 3 rings (SSSR count). The van der Waals surface area contributed by atoms with Crippen LogP contribution in [0.15, 0.2) is 18.2 Å². The molecule has 1 aliphatic carbocycles. The summed E-state index contributed by atoms with van der Waals surface area (Å²) in [7, 11) is 2.04. The molecule has 1 spiro atoms. The molecule has 0 radical (unpaired) electrons. The smallest absolute Gasteiger partial charge is 0.168 e. The van der Waals surface area contributed by atoms with E-state index in [-0.39, 0.29) is 11.6 Å². The second-order valence-corrected chi connectivity index (χ2v) is 6.43. The second kappa shape index (κ2) is 6.21.